The van der Waals surface area contributed by atoms with E-state index in [1.807, 2.05) is 0 Å². The van der Waals surface area contributed by atoms with Gasteiger partial charge in [0, 0.05) is 6.54 Å². The molecular formula is C13H13FN2O. The number of amides is 1. The Morgan fingerprint density at radius 2 is 2.18 bits per heavy atom. The molecule has 1 aliphatic heterocycles. The number of nitrogens with one attached hydrogen (secondary N) is 1. The quantitative estimate of drug-likeness (QED) is 0.804. The van der Waals surface area contributed by atoms with Crippen molar-refractivity contribution in [2.24, 2.45) is 0 Å². The molecule has 4 heteroatoms. The molecule has 3 nitrogen and oxygen atoms in total. The predicted molar refractivity (Wildman–Crippen MR) is 61.1 cm³/mol. The van der Waals surface area contributed by atoms with Crippen molar-refractivity contribution in [2.75, 3.05) is 6.54 Å². The third-order valence-electron chi connectivity index (χ3n) is 3.08. The van der Waals surface area contributed by atoms with Gasteiger partial charge in [0.25, 0.3) is 5.91 Å². The van der Waals surface area contributed by atoms with E-state index in [4.69, 9.17) is 5.26 Å². The van der Waals surface area contributed by atoms with E-state index in [-0.39, 0.29) is 11.5 Å². The Hall–Kier alpha value is -1.89. The zero-order valence-electron chi connectivity index (χ0n) is 9.80. The Morgan fingerprint density at radius 1 is 1.47 bits per heavy atom. The van der Waals surface area contributed by atoms with Gasteiger partial charge in [-0.3, -0.25) is 4.79 Å². The van der Waals surface area contributed by atoms with Crippen molar-refractivity contribution in [2.45, 2.75) is 25.7 Å². The zero-order chi connectivity index (χ0) is 12.6. The summed E-state index contributed by atoms with van der Waals surface area (Å²) in [6.45, 7) is 3.98. The van der Waals surface area contributed by atoms with Gasteiger partial charge in [0.05, 0.1) is 17.0 Å². The van der Waals surface area contributed by atoms with Gasteiger partial charge >= 0.3 is 0 Å². The summed E-state index contributed by atoms with van der Waals surface area (Å²) in [5.74, 6) is -0.914. The second-order valence-electron chi connectivity index (χ2n) is 4.73. The van der Waals surface area contributed by atoms with Crippen LogP contribution >= 0.6 is 0 Å². The summed E-state index contributed by atoms with van der Waals surface area (Å²) in [5, 5.41) is 11.6. The lowest BCUT2D eigenvalue weighted by atomic mass is 9.83. The first-order valence-electron chi connectivity index (χ1n) is 5.48. The normalized spacial score (nSPS) is 14.8. The first-order chi connectivity index (χ1) is 7.95. The van der Waals surface area contributed by atoms with Crippen molar-refractivity contribution in [1.29, 1.82) is 5.26 Å². The molecular weight excluding hydrogens is 219 g/mol. The zero-order valence-corrected chi connectivity index (χ0v) is 9.80. The standard InChI is InChI=1S/C13H13FN2O/c1-13(2,7-15)9-5-8-3-4-16-12(17)11(8)10(14)6-9/h5-6H,3-4H2,1-2H3,(H,16,17). The number of benzene rings is 1. The number of nitriles is 1. The topological polar surface area (TPSA) is 52.9 Å². The highest BCUT2D eigenvalue weighted by molar-refractivity contribution is 5.97. The van der Waals surface area contributed by atoms with E-state index < -0.39 is 11.2 Å². The molecule has 0 saturated carbocycles. The molecule has 0 fully saturated rings. The largest absolute Gasteiger partial charge is 0.352 e. The van der Waals surface area contributed by atoms with Gasteiger partial charge in [-0.25, -0.2) is 4.39 Å². The van der Waals surface area contributed by atoms with E-state index in [1.165, 1.54) is 6.07 Å². The Balaban J connectivity index is 2.60. The van der Waals surface area contributed by atoms with Gasteiger partial charge in [-0.2, -0.15) is 5.26 Å². The van der Waals surface area contributed by atoms with Crippen molar-refractivity contribution in [1.82, 2.24) is 5.32 Å². The molecule has 1 aromatic rings. The van der Waals surface area contributed by atoms with E-state index in [0.29, 0.717) is 24.1 Å². The van der Waals surface area contributed by atoms with Gasteiger partial charge in [-0.1, -0.05) is 6.07 Å². The van der Waals surface area contributed by atoms with Crippen molar-refractivity contribution >= 4 is 5.91 Å². The van der Waals surface area contributed by atoms with Gasteiger partial charge in [0.1, 0.15) is 5.82 Å². The summed E-state index contributed by atoms with van der Waals surface area (Å²) < 4.78 is 13.9. The summed E-state index contributed by atoms with van der Waals surface area (Å²) in [5.41, 5.74) is 0.677. The lowest BCUT2D eigenvalue weighted by Gasteiger charge is -2.22. The highest BCUT2D eigenvalue weighted by Crippen LogP contribution is 2.28. The molecule has 0 bridgehead atoms. The smallest absolute Gasteiger partial charge is 0.254 e. The third-order valence-corrected chi connectivity index (χ3v) is 3.08. The van der Waals surface area contributed by atoms with E-state index in [2.05, 4.69) is 11.4 Å². The fourth-order valence-electron chi connectivity index (χ4n) is 1.94. The Morgan fingerprint density at radius 3 is 2.82 bits per heavy atom. The minimum atomic E-state index is -0.746. The second-order valence-corrected chi connectivity index (χ2v) is 4.73. The Kier molecular flexibility index (Phi) is 2.62. The number of hydrogen-bond donors (Lipinski definition) is 1. The van der Waals surface area contributed by atoms with Crippen molar-refractivity contribution in [3.8, 4) is 6.07 Å². The molecule has 0 aromatic heterocycles. The van der Waals surface area contributed by atoms with Crippen LogP contribution in [0.15, 0.2) is 12.1 Å². The number of nitrogens with zero attached hydrogens (tertiary/aromatic N) is 1. The molecule has 0 unspecified atom stereocenters. The summed E-state index contributed by atoms with van der Waals surface area (Å²) in [4.78, 5) is 11.5. The van der Waals surface area contributed by atoms with Crippen molar-refractivity contribution in [3.05, 3.63) is 34.6 Å². The minimum Gasteiger partial charge on any atom is -0.352 e. The molecule has 88 valence electrons. The Bertz CT molecular complexity index is 529. The lowest BCUT2D eigenvalue weighted by Crippen LogP contribution is -2.33. The average molecular weight is 232 g/mol. The molecule has 1 aromatic carbocycles. The summed E-state index contributed by atoms with van der Waals surface area (Å²) >= 11 is 0. The molecule has 1 amide bonds. The van der Waals surface area contributed by atoms with Crippen LogP contribution in [0.5, 0.6) is 0 Å². The van der Waals surface area contributed by atoms with Crippen LogP contribution in [0, 0.1) is 17.1 Å². The Labute approximate surface area is 99.2 Å². The second kappa shape index (κ2) is 3.85. The monoisotopic (exact) mass is 232 g/mol. The van der Waals surface area contributed by atoms with Crippen molar-refractivity contribution in [3.63, 3.8) is 0 Å². The maximum Gasteiger partial charge on any atom is 0.254 e. The number of carbonyl (C=O) groups is 1. The van der Waals surface area contributed by atoms with Crippen LogP contribution in [0.4, 0.5) is 4.39 Å². The van der Waals surface area contributed by atoms with Gasteiger partial charge in [0.15, 0.2) is 0 Å². The van der Waals surface area contributed by atoms with E-state index >= 15 is 0 Å². The summed E-state index contributed by atoms with van der Waals surface area (Å²) in [7, 11) is 0. The van der Waals surface area contributed by atoms with Crippen LogP contribution in [-0.2, 0) is 11.8 Å². The van der Waals surface area contributed by atoms with Crippen LogP contribution in [0.25, 0.3) is 0 Å². The van der Waals surface area contributed by atoms with Crippen LogP contribution in [0.2, 0.25) is 0 Å². The molecule has 1 aliphatic rings. The van der Waals surface area contributed by atoms with Crippen LogP contribution in [0.1, 0.15) is 35.3 Å². The van der Waals surface area contributed by atoms with Crippen LogP contribution in [0.3, 0.4) is 0 Å². The predicted octanol–water partition coefficient (Wildman–Crippen LogP) is 1.91. The number of hydrogen-bond acceptors (Lipinski definition) is 2. The fraction of sp³-hybridized carbons (Fsp3) is 0.385. The van der Waals surface area contributed by atoms with E-state index in [0.717, 1.165) is 0 Å². The lowest BCUT2D eigenvalue weighted by molar-refractivity contribution is 0.0941. The number of rotatable bonds is 1. The molecule has 1 N–H and O–H groups in total. The fourth-order valence-corrected chi connectivity index (χ4v) is 1.94. The molecule has 17 heavy (non-hydrogen) atoms. The molecule has 2 rings (SSSR count). The van der Waals surface area contributed by atoms with E-state index in [1.54, 1.807) is 19.9 Å². The van der Waals surface area contributed by atoms with Crippen LogP contribution in [-0.4, -0.2) is 12.5 Å². The highest BCUT2D eigenvalue weighted by atomic mass is 19.1. The van der Waals surface area contributed by atoms with Gasteiger partial charge in [0.2, 0.25) is 0 Å². The first-order valence-corrected chi connectivity index (χ1v) is 5.48. The van der Waals surface area contributed by atoms with Gasteiger partial charge in [-0.05, 0) is 37.5 Å². The highest BCUT2D eigenvalue weighted by Gasteiger charge is 2.27. The maximum absolute atomic E-state index is 13.9. The molecule has 0 atom stereocenters. The molecule has 0 saturated heterocycles. The van der Waals surface area contributed by atoms with E-state index in [9.17, 15) is 9.18 Å². The minimum absolute atomic E-state index is 0.119. The number of carbonyl (C=O) groups excluding carboxylic acids is 1. The van der Waals surface area contributed by atoms with Crippen LogP contribution < -0.4 is 5.32 Å². The molecule has 0 aliphatic carbocycles. The molecule has 0 spiro atoms. The number of fused-ring (bicyclic) bond motifs is 1. The van der Waals surface area contributed by atoms with Gasteiger partial charge in [-0.15, -0.1) is 0 Å². The maximum atomic E-state index is 13.9. The van der Waals surface area contributed by atoms with Gasteiger partial charge < -0.3 is 5.32 Å². The number of halogens is 1. The molecule has 0 radical (unpaired) electrons. The average Bonchev–Trinajstić information content (AvgIpc) is 2.28. The summed E-state index contributed by atoms with van der Waals surface area (Å²) in [6, 6.07) is 5.18. The van der Waals surface area contributed by atoms with Crippen molar-refractivity contribution < 1.29 is 9.18 Å². The summed E-state index contributed by atoms with van der Waals surface area (Å²) in [6.07, 6.45) is 0.605. The first kappa shape index (κ1) is 11.6. The SMILES string of the molecule is CC(C)(C#N)c1cc(F)c2c(c1)CCNC2=O. The third kappa shape index (κ3) is 1.89. The molecule has 1 heterocycles.